The number of esters is 2. The number of carbonyl (C=O) groups is 2. The van der Waals surface area contributed by atoms with Gasteiger partial charge in [-0.05, 0) is 51.5 Å². The Morgan fingerprint density at radius 2 is 1.37 bits per heavy atom. The molecule has 358 valence electrons. The van der Waals surface area contributed by atoms with Crippen LogP contribution in [-0.2, 0) is 44.4 Å². The number of methoxy groups -OCH3 is 1. The van der Waals surface area contributed by atoms with Gasteiger partial charge in [0.25, 0.3) is 0 Å². The molecule has 0 saturated carbocycles. The fraction of sp³-hybridized carbons (Fsp3) is 0.558. The quantitative estimate of drug-likeness (QED) is 0.0694. The monoisotopic (exact) mass is 922 g/mol. The zero-order valence-corrected chi connectivity index (χ0v) is 36.1. The molecular formula is C43H54O22. The highest BCUT2D eigenvalue weighted by Gasteiger charge is 2.53. The zero-order valence-electron chi connectivity index (χ0n) is 36.1. The maximum absolute atomic E-state index is 14.8. The summed E-state index contributed by atoms with van der Waals surface area (Å²) < 4.78 is 57.5. The third kappa shape index (κ3) is 10.5. The Balaban J connectivity index is 1.46. The van der Waals surface area contributed by atoms with Gasteiger partial charge in [-0.2, -0.15) is 0 Å². The number of rotatable bonds is 14. The highest BCUT2D eigenvalue weighted by molar-refractivity contribution is 5.91. The van der Waals surface area contributed by atoms with Crippen molar-refractivity contribution in [3.8, 4) is 34.3 Å². The molecule has 6 rings (SSSR count). The Morgan fingerprint density at radius 3 is 1.97 bits per heavy atom. The van der Waals surface area contributed by atoms with Crippen molar-refractivity contribution in [2.24, 2.45) is 0 Å². The van der Waals surface area contributed by atoms with Crippen LogP contribution in [0.15, 0.2) is 51.2 Å². The lowest BCUT2D eigenvalue weighted by Gasteiger charge is -2.46. The smallest absolute Gasteiger partial charge is 0.303 e. The SMILES string of the molecule is COc1ccc(-c2oc3c(CC=C(C)C)c(O[C@@H]4O[C@H](CO)[C@@H](O)[C@H](O)[C@H]4O)cc(O)c3c(=O)c2O[C@@H]2O[C@@H](C)[C@H](OC(C)=O)[C@@H](O[C@@H]3O[C@H](COC(C)=O)[C@@H](O)[C@H](O)[C@H]3O)[C@H]2O)cc1. The molecule has 15 atom stereocenters. The molecule has 2 aromatic carbocycles. The number of carbonyl (C=O) groups excluding carboxylic acids is 2. The number of phenols is 1. The van der Waals surface area contributed by atoms with Gasteiger partial charge >= 0.3 is 11.9 Å². The van der Waals surface area contributed by atoms with Crippen molar-refractivity contribution in [1.29, 1.82) is 0 Å². The van der Waals surface area contributed by atoms with Crippen LogP contribution in [0.4, 0.5) is 0 Å². The van der Waals surface area contributed by atoms with E-state index in [1.165, 1.54) is 26.2 Å². The zero-order chi connectivity index (χ0) is 47.6. The van der Waals surface area contributed by atoms with E-state index >= 15 is 0 Å². The minimum atomic E-state index is -2.02. The molecule has 9 N–H and O–H groups in total. The number of aromatic hydroxyl groups is 1. The molecule has 65 heavy (non-hydrogen) atoms. The molecule has 22 heteroatoms. The number of phenolic OH excluding ortho intramolecular Hbond substituents is 1. The lowest BCUT2D eigenvalue weighted by Crippen LogP contribution is -2.65. The van der Waals surface area contributed by atoms with Crippen LogP contribution in [0.5, 0.6) is 23.0 Å². The maximum atomic E-state index is 14.8. The van der Waals surface area contributed by atoms with E-state index in [0.29, 0.717) is 5.75 Å². The van der Waals surface area contributed by atoms with Crippen molar-refractivity contribution in [1.82, 2.24) is 0 Å². The predicted octanol–water partition coefficient (Wildman–Crippen LogP) is -0.966. The second kappa shape index (κ2) is 20.7. The van der Waals surface area contributed by atoms with E-state index in [9.17, 15) is 60.3 Å². The summed E-state index contributed by atoms with van der Waals surface area (Å²) in [6.45, 7) is 5.84. The van der Waals surface area contributed by atoms with Crippen LogP contribution >= 0.6 is 0 Å². The number of ether oxygens (including phenoxy) is 9. The van der Waals surface area contributed by atoms with Gasteiger partial charge in [-0.3, -0.25) is 14.4 Å². The van der Waals surface area contributed by atoms with Gasteiger partial charge in [0.05, 0.1) is 19.8 Å². The second-order valence-corrected chi connectivity index (χ2v) is 16.0. The van der Waals surface area contributed by atoms with E-state index in [1.807, 2.05) is 0 Å². The van der Waals surface area contributed by atoms with E-state index in [-0.39, 0.29) is 34.6 Å². The molecule has 3 aliphatic rings. The van der Waals surface area contributed by atoms with Gasteiger partial charge in [0.15, 0.2) is 18.2 Å². The van der Waals surface area contributed by atoms with Crippen LogP contribution in [0.1, 0.15) is 40.2 Å². The molecule has 0 radical (unpaired) electrons. The highest BCUT2D eigenvalue weighted by Crippen LogP contribution is 2.42. The average molecular weight is 923 g/mol. The van der Waals surface area contributed by atoms with Gasteiger partial charge in [0.2, 0.25) is 23.8 Å². The summed E-state index contributed by atoms with van der Waals surface area (Å²) in [5, 5.41) is 96.5. The van der Waals surface area contributed by atoms with E-state index in [1.54, 1.807) is 32.1 Å². The summed E-state index contributed by atoms with van der Waals surface area (Å²) in [5.41, 5.74) is -0.123. The summed E-state index contributed by atoms with van der Waals surface area (Å²) in [7, 11) is 1.43. The van der Waals surface area contributed by atoms with E-state index in [0.717, 1.165) is 25.5 Å². The molecule has 1 aromatic heterocycles. The minimum Gasteiger partial charge on any atom is -0.507 e. The normalized spacial score (nSPS) is 32.6. The molecule has 3 saturated heterocycles. The van der Waals surface area contributed by atoms with E-state index < -0.39 is 140 Å². The van der Waals surface area contributed by atoms with Gasteiger partial charge in [-0.1, -0.05) is 11.6 Å². The van der Waals surface area contributed by atoms with Crippen LogP contribution in [0.3, 0.4) is 0 Å². The summed E-state index contributed by atoms with van der Waals surface area (Å²) in [6, 6.07) is 7.14. The predicted molar refractivity (Wildman–Crippen MR) is 218 cm³/mol. The molecule has 3 aliphatic heterocycles. The van der Waals surface area contributed by atoms with Crippen molar-refractivity contribution in [2.75, 3.05) is 20.3 Å². The van der Waals surface area contributed by atoms with E-state index in [4.69, 9.17) is 47.0 Å². The molecule has 22 nitrogen and oxygen atoms in total. The summed E-state index contributed by atoms with van der Waals surface area (Å²) in [4.78, 5) is 38.7. The fourth-order valence-electron chi connectivity index (χ4n) is 7.53. The Hall–Kier alpha value is -4.95. The van der Waals surface area contributed by atoms with Gasteiger partial charge in [0, 0.05) is 31.0 Å². The first kappa shape index (κ1) is 49.5. The van der Waals surface area contributed by atoms with Crippen LogP contribution in [0.25, 0.3) is 22.3 Å². The summed E-state index contributed by atoms with van der Waals surface area (Å²) in [5.74, 6) is -3.00. The molecular weight excluding hydrogens is 868 g/mol. The minimum absolute atomic E-state index is 0.0157. The third-order valence-corrected chi connectivity index (χ3v) is 11.0. The first-order chi connectivity index (χ1) is 30.7. The number of allylic oxidation sites excluding steroid dienone is 2. The molecule has 3 aromatic rings. The van der Waals surface area contributed by atoms with Crippen molar-refractivity contribution >= 4 is 22.9 Å². The first-order valence-corrected chi connectivity index (χ1v) is 20.5. The molecule has 3 fully saturated rings. The average Bonchev–Trinajstić information content (AvgIpc) is 3.26. The lowest BCUT2D eigenvalue weighted by atomic mass is 9.97. The summed E-state index contributed by atoms with van der Waals surface area (Å²) >= 11 is 0. The maximum Gasteiger partial charge on any atom is 0.303 e. The Labute approximate surface area is 370 Å². The number of hydrogen-bond donors (Lipinski definition) is 9. The van der Waals surface area contributed by atoms with Gasteiger partial charge in [-0.15, -0.1) is 0 Å². The Kier molecular flexibility index (Phi) is 15.8. The molecule has 0 unspecified atom stereocenters. The van der Waals surface area contributed by atoms with Crippen molar-refractivity contribution in [3.63, 3.8) is 0 Å². The molecule has 4 heterocycles. The molecule has 0 bridgehead atoms. The standard InChI is InChI=1S/C43H54O22/c1-16(2)7-12-22-24(60-41-33(53)31(51)28(48)25(14-44)61-41)13-23(47)27-30(50)39(37(63-38(22)27)20-8-10-21(56-6)11-9-20)64-43-35(55)40(36(17(3)58-43)59-19(5)46)65-42-34(54)32(52)29(49)26(62-42)15-57-18(4)45/h7-11,13,17,25-26,28-29,31-36,40-44,47-49,51-55H,12,14-15H2,1-6H3/t17-,25+,26+,28+,29+,31-,32-,33+,34+,35+,36-,40-,41+,42-,43-/m0/s1. The van der Waals surface area contributed by atoms with Crippen LogP contribution < -0.4 is 19.6 Å². The lowest BCUT2D eigenvalue weighted by molar-refractivity contribution is -0.351. The topological polar surface area (TPSA) is 329 Å². The first-order valence-electron chi connectivity index (χ1n) is 20.5. The van der Waals surface area contributed by atoms with Crippen LogP contribution in [0.2, 0.25) is 0 Å². The van der Waals surface area contributed by atoms with Crippen molar-refractivity contribution in [2.45, 2.75) is 133 Å². The Bertz CT molecular complexity index is 2240. The van der Waals surface area contributed by atoms with Gasteiger partial charge < -0.3 is 93.0 Å². The third-order valence-electron chi connectivity index (χ3n) is 11.0. The van der Waals surface area contributed by atoms with Gasteiger partial charge in [0.1, 0.15) is 95.9 Å². The number of aliphatic hydroxyl groups is 8. The fourth-order valence-corrected chi connectivity index (χ4v) is 7.53. The number of hydrogen-bond acceptors (Lipinski definition) is 22. The van der Waals surface area contributed by atoms with Crippen molar-refractivity contribution < 1.29 is 103 Å². The molecule has 0 spiro atoms. The number of fused-ring (bicyclic) bond motifs is 1. The largest absolute Gasteiger partial charge is 0.507 e. The number of aliphatic hydroxyl groups excluding tert-OH is 8. The van der Waals surface area contributed by atoms with Crippen LogP contribution in [-0.4, -0.2) is 170 Å². The highest BCUT2D eigenvalue weighted by atomic mass is 16.7. The Morgan fingerprint density at radius 1 is 0.754 bits per heavy atom. The van der Waals surface area contributed by atoms with Crippen LogP contribution in [0, 0.1) is 0 Å². The van der Waals surface area contributed by atoms with E-state index in [2.05, 4.69) is 0 Å². The molecule has 0 aliphatic carbocycles. The van der Waals surface area contributed by atoms with Crippen molar-refractivity contribution in [3.05, 3.63) is 57.8 Å². The summed E-state index contributed by atoms with van der Waals surface area (Å²) in [6.07, 6.45) is -23.8. The second-order valence-electron chi connectivity index (χ2n) is 16.0. The molecule has 0 amide bonds. The van der Waals surface area contributed by atoms with Gasteiger partial charge in [-0.25, -0.2) is 0 Å². The number of benzene rings is 2.